The van der Waals surface area contributed by atoms with Gasteiger partial charge in [0, 0.05) is 0 Å². The van der Waals surface area contributed by atoms with Crippen LogP contribution in [-0.2, 0) is 6.18 Å². The highest BCUT2D eigenvalue weighted by atomic mass is 19.4. The van der Waals surface area contributed by atoms with Gasteiger partial charge < -0.3 is 5.73 Å². The van der Waals surface area contributed by atoms with Crippen LogP contribution in [0, 0.1) is 19.3 Å². The van der Waals surface area contributed by atoms with Crippen LogP contribution in [0.15, 0.2) is 24.4 Å². The fraction of sp³-hybridized carbons (Fsp3) is 0.231. The van der Waals surface area contributed by atoms with Crippen LogP contribution in [0.5, 0.6) is 0 Å². The van der Waals surface area contributed by atoms with E-state index in [1.54, 1.807) is 25.1 Å². The molecule has 0 aliphatic heterocycles. The molecule has 0 spiro atoms. The molecule has 0 radical (unpaired) electrons. The van der Waals surface area contributed by atoms with E-state index in [2.05, 4.69) is 5.10 Å². The molecule has 0 atom stereocenters. The number of alkyl halides is 3. The van der Waals surface area contributed by atoms with Crippen LogP contribution in [-0.4, -0.2) is 15.6 Å². The van der Waals surface area contributed by atoms with Gasteiger partial charge in [-0.25, -0.2) is 4.68 Å². The molecule has 4 nitrogen and oxygen atoms in total. The Morgan fingerprint density at radius 2 is 1.95 bits per heavy atom. The maximum absolute atomic E-state index is 13.2. The van der Waals surface area contributed by atoms with Gasteiger partial charge in [-0.1, -0.05) is 17.7 Å². The normalized spacial score (nSPS) is 11.7. The SMILES string of the molecule is Cc1ccc(-n2ncc(C(=N)N)c2C(F)(F)F)c(C)c1. The third kappa shape index (κ3) is 2.38. The third-order valence-electron chi connectivity index (χ3n) is 2.91. The number of benzene rings is 1. The Labute approximate surface area is 113 Å². The van der Waals surface area contributed by atoms with Crippen LogP contribution in [0.2, 0.25) is 0 Å². The van der Waals surface area contributed by atoms with Crippen molar-refractivity contribution in [3.05, 3.63) is 46.8 Å². The summed E-state index contributed by atoms with van der Waals surface area (Å²) in [6, 6.07) is 5.04. The molecular formula is C13H13F3N4. The van der Waals surface area contributed by atoms with Crippen LogP contribution >= 0.6 is 0 Å². The number of hydrogen-bond acceptors (Lipinski definition) is 2. The number of nitrogens with two attached hydrogens (primary N) is 1. The molecule has 2 rings (SSSR count). The van der Waals surface area contributed by atoms with E-state index in [0.29, 0.717) is 11.3 Å². The lowest BCUT2D eigenvalue weighted by Crippen LogP contribution is -2.21. The Hall–Kier alpha value is -2.31. The van der Waals surface area contributed by atoms with Gasteiger partial charge in [0.05, 0.1) is 17.4 Å². The first-order chi connectivity index (χ1) is 9.21. The van der Waals surface area contributed by atoms with Crippen molar-refractivity contribution in [1.82, 2.24) is 9.78 Å². The Morgan fingerprint density at radius 3 is 2.45 bits per heavy atom. The minimum Gasteiger partial charge on any atom is -0.384 e. The molecule has 7 heteroatoms. The highest BCUT2D eigenvalue weighted by Gasteiger charge is 2.39. The average molecular weight is 282 g/mol. The lowest BCUT2D eigenvalue weighted by Gasteiger charge is -2.14. The number of hydrogen-bond donors (Lipinski definition) is 2. The molecule has 0 amide bonds. The second-order valence-electron chi connectivity index (χ2n) is 4.52. The van der Waals surface area contributed by atoms with Gasteiger partial charge in [-0.15, -0.1) is 0 Å². The van der Waals surface area contributed by atoms with Crippen LogP contribution < -0.4 is 5.73 Å². The molecule has 0 aliphatic carbocycles. The molecule has 1 heterocycles. The van der Waals surface area contributed by atoms with Gasteiger partial charge in [-0.3, -0.25) is 5.41 Å². The second-order valence-corrected chi connectivity index (χ2v) is 4.52. The second kappa shape index (κ2) is 4.66. The van der Waals surface area contributed by atoms with Crippen molar-refractivity contribution in [2.24, 2.45) is 5.73 Å². The van der Waals surface area contributed by atoms with Crippen molar-refractivity contribution < 1.29 is 13.2 Å². The largest absolute Gasteiger partial charge is 0.434 e. The van der Waals surface area contributed by atoms with Crippen molar-refractivity contribution in [1.29, 1.82) is 5.41 Å². The molecule has 1 aromatic carbocycles. The van der Waals surface area contributed by atoms with Gasteiger partial charge >= 0.3 is 6.18 Å². The molecule has 0 aliphatic rings. The number of aromatic nitrogens is 2. The number of nitrogens with zero attached hydrogens (tertiary/aromatic N) is 2. The van der Waals surface area contributed by atoms with Gasteiger partial charge in [-0.2, -0.15) is 18.3 Å². The Kier molecular flexibility index (Phi) is 3.29. The van der Waals surface area contributed by atoms with E-state index in [0.717, 1.165) is 16.4 Å². The van der Waals surface area contributed by atoms with Crippen LogP contribution in [0.25, 0.3) is 5.69 Å². The summed E-state index contributed by atoms with van der Waals surface area (Å²) in [7, 11) is 0. The van der Waals surface area contributed by atoms with Crippen LogP contribution in [0.1, 0.15) is 22.4 Å². The number of rotatable bonds is 2. The summed E-state index contributed by atoms with van der Waals surface area (Å²) in [4.78, 5) is 0. The Balaban J connectivity index is 2.72. The third-order valence-corrected chi connectivity index (χ3v) is 2.91. The summed E-state index contributed by atoms with van der Waals surface area (Å²) in [5.74, 6) is -0.659. The Bertz CT molecular complexity index is 671. The lowest BCUT2D eigenvalue weighted by atomic mass is 10.1. The first-order valence-electron chi connectivity index (χ1n) is 5.79. The van der Waals surface area contributed by atoms with Crippen molar-refractivity contribution >= 4 is 5.84 Å². The summed E-state index contributed by atoms with van der Waals surface area (Å²) >= 11 is 0. The molecule has 0 saturated heterocycles. The molecule has 3 N–H and O–H groups in total. The summed E-state index contributed by atoms with van der Waals surface area (Å²) in [5.41, 5.74) is 5.66. The maximum Gasteiger partial charge on any atom is 0.434 e. The average Bonchev–Trinajstić information content (AvgIpc) is 2.73. The van der Waals surface area contributed by atoms with Gasteiger partial charge in [-0.05, 0) is 25.5 Å². The molecule has 0 bridgehead atoms. The summed E-state index contributed by atoms with van der Waals surface area (Å²) < 4.78 is 40.3. The van der Waals surface area contributed by atoms with E-state index in [1.165, 1.54) is 0 Å². The molecular weight excluding hydrogens is 269 g/mol. The molecule has 2 aromatic rings. The topological polar surface area (TPSA) is 67.7 Å². The first-order valence-corrected chi connectivity index (χ1v) is 5.79. The zero-order valence-electron chi connectivity index (χ0n) is 10.9. The van der Waals surface area contributed by atoms with E-state index in [-0.39, 0.29) is 0 Å². The summed E-state index contributed by atoms with van der Waals surface area (Å²) in [5, 5.41) is 11.0. The van der Waals surface area contributed by atoms with E-state index >= 15 is 0 Å². The quantitative estimate of drug-likeness (QED) is 0.657. The molecule has 0 unspecified atom stereocenters. The van der Waals surface area contributed by atoms with Crippen LogP contribution in [0.3, 0.4) is 0 Å². The zero-order chi connectivity index (χ0) is 15.1. The van der Waals surface area contributed by atoms with Crippen molar-refractivity contribution in [2.45, 2.75) is 20.0 Å². The zero-order valence-corrected chi connectivity index (χ0v) is 10.9. The maximum atomic E-state index is 13.2. The standard InChI is InChI=1S/C13H13F3N4/c1-7-3-4-10(8(2)5-7)20-11(13(14,15)16)9(6-19-20)12(17)18/h3-6H,1-2H3,(H3,17,18). The summed E-state index contributed by atoms with van der Waals surface area (Å²) in [6.45, 7) is 3.56. The van der Waals surface area contributed by atoms with Gasteiger partial charge in [0.1, 0.15) is 5.84 Å². The molecule has 0 saturated carbocycles. The highest BCUT2D eigenvalue weighted by molar-refractivity contribution is 5.96. The number of nitrogens with one attached hydrogen (secondary N) is 1. The minimum absolute atomic E-state index is 0.315. The minimum atomic E-state index is -4.64. The van der Waals surface area contributed by atoms with Gasteiger partial charge in [0.15, 0.2) is 5.69 Å². The smallest absolute Gasteiger partial charge is 0.384 e. The number of aryl methyl sites for hydroxylation is 2. The number of amidine groups is 1. The molecule has 0 fully saturated rings. The van der Waals surface area contributed by atoms with E-state index in [1.807, 2.05) is 6.92 Å². The fourth-order valence-corrected chi connectivity index (χ4v) is 2.04. The van der Waals surface area contributed by atoms with Crippen molar-refractivity contribution in [2.75, 3.05) is 0 Å². The summed E-state index contributed by atoms with van der Waals surface area (Å²) in [6.07, 6.45) is -3.68. The van der Waals surface area contributed by atoms with E-state index in [4.69, 9.17) is 11.1 Å². The van der Waals surface area contributed by atoms with Gasteiger partial charge in [0.2, 0.25) is 0 Å². The number of halogens is 3. The molecule has 106 valence electrons. The molecule has 1 aromatic heterocycles. The highest BCUT2D eigenvalue weighted by Crippen LogP contribution is 2.34. The van der Waals surface area contributed by atoms with Gasteiger partial charge in [0.25, 0.3) is 0 Å². The Morgan fingerprint density at radius 1 is 1.30 bits per heavy atom. The fourth-order valence-electron chi connectivity index (χ4n) is 2.04. The monoisotopic (exact) mass is 282 g/mol. The first kappa shape index (κ1) is 14.1. The van der Waals surface area contributed by atoms with Crippen molar-refractivity contribution in [3.8, 4) is 5.69 Å². The lowest BCUT2D eigenvalue weighted by molar-refractivity contribution is -0.142. The van der Waals surface area contributed by atoms with E-state index in [9.17, 15) is 13.2 Å². The predicted molar refractivity (Wildman–Crippen MR) is 69.1 cm³/mol. The molecule has 20 heavy (non-hydrogen) atoms. The predicted octanol–water partition coefficient (Wildman–Crippen LogP) is 2.79. The van der Waals surface area contributed by atoms with E-state index < -0.39 is 23.3 Å². The van der Waals surface area contributed by atoms with Crippen LogP contribution in [0.4, 0.5) is 13.2 Å². The van der Waals surface area contributed by atoms with Crippen molar-refractivity contribution in [3.63, 3.8) is 0 Å². The number of nitrogen functional groups attached to an aromatic ring is 1.